The van der Waals surface area contributed by atoms with Crippen molar-refractivity contribution in [3.8, 4) is 0 Å². The molecule has 0 saturated carbocycles. The van der Waals surface area contributed by atoms with Gasteiger partial charge in [0.1, 0.15) is 21.1 Å². The van der Waals surface area contributed by atoms with E-state index in [1.165, 1.54) is 29.4 Å². The number of carbonyl (C=O) groups excluding carboxylic acids is 1. The van der Waals surface area contributed by atoms with Crippen molar-refractivity contribution in [1.29, 1.82) is 0 Å². The number of aromatic carboxylic acids is 1. The number of amides is 1. The van der Waals surface area contributed by atoms with Crippen molar-refractivity contribution in [2.24, 2.45) is 0 Å². The minimum absolute atomic E-state index is 0.0170. The van der Waals surface area contributed by atoms with Gasteiger partial charge in [-0.25, -0.2) is 14.8 Å². The fraction of sp³-hybridized carbons (Fsp3) is 0.385. The van der Waals surface area contributed by atoms with E-state index in [1.807, 2.05) is 0 Å². The van der Waals surface area contributed by atoms with Crippen molar-refractivity contribution in [1.82, 2.24) is 15.3 Å². The van der Waals surface area contributed by atoms with Crippen LogP contribution in [0, 0.1) is 6.92 Å². The topological polar surface area (TPSA) is 92.2 Å². The molecule has 112 valence electrons. The molecule has 2 N–H and O–H groups in total. The minimum atomic E-state index is -0.939. The molecule has 0 aliphatic heterocycles. The Balaban J connectivity index is 2.16. The van der Waals surface area contributed by atoms with E-state index in [9.17, 15) is 14.7 Å². The summed E-state index contributed by atoms with van der Waals surface area (Å²) in [7, 11) is 1.62. The molecule has 0 unspecified atom stereocenters. The summed E-state index contributed by atoms with van der Waals surface area (Å²) in [6.45, 7) is 1.78. The van der Waals surface area contributed by atoms with E-state index in [1.54, 1.807) is 14.0 Å². The fourth-order valence-corrected chi connectivity index (χ4v) is 3.93. The average molecular weight is 325 g/mol. The summed E-state index contributed by atoms with van der Waals surface area (Å²) in [6, 6.07) is 0. The summed E-state index contributed by atoms with van der Waals surface area (Å²) >= 11 is 2.69. The lowest BCUT2D eigenvalue weighted by Gasteiger charge is -2.03. The molecule has 0 atom stereocenters. The van der Waals surface area contributed by atoms with Crippen molar-refractivity contribution < 1.29 is 14.7 Å². The summed E-state index contributed by atoms with van der Waals surface area (Å²) in [5, 5.41) is 13.3. The molecule has 0 radical (unpaired) electrons. The number of aromatic nitrogens is 2. The Morgan fingerprint density at radius 2 is 2.19 bits per heavy atom. The summed E-state index contributed by atoms with van der Waals surface area (Å²) in [5.41, 5.74) is 0.705. The standard InChI is InChI=1S/C13H15N3O3S2/c1-7-9-11(20-5-3-4-8(17)14-2)15-6-16-12(9)21-10(7)13(18)19/h6H,3-5H2,1-2H3,(H,14,17)(H,18,19). The highest BCUT2D eigenvalue weighted by molar-refractivity contribution is 7.99. The zero-order chi connectivity index (χ0) is 15.4. The molecule has 0 aromatic carbocycles. The molecule has 0 aliphatic rings. The summed E-state index contributed by atoms with van der Waals surface area (Å²) in [5.74, 6) is -0.175. The zero-order valence-electron chi connectivity index (χ0n) is 11.7. The van der Waals surface area contributed by atoms with Gasteiger partial charge in [0.15, 0.2) is 0 Å². The van der Waals surface area contributed by atoms with E-state index < -0.39 is 5.97 Å². The van der Waals surface area contributed by atoms with Crippen molar-refractivity contribution >= 4 is 45.2 Å². The highest BCUT2D eigenvalue weighted by Crippen LogP contribution is 2.35. The number of rotatable bonds is 6. The molecule has 2 aromatic rings. The maximum atomic E-state index is 11.2. The van der Waals surface area contributed by atoms with Crippen LogP contribution in [-0.2, 0) is 4.79 Å². The third-order valence-corrected chi connectivity index (χ3v) is 5.22. The Kier molecular flexibility index (Phi) is 5.13. The lowest BCUT2D eigenvalue weighted by Crippen LogP contribution is -2.17. The molecule has 2 heterocycles. The highest BCUT2D eigenvalue weighted by atomic mass is 32.2. The van der Waals surface area contributed by atoms with Gasteiger partial charge in [0.25, 0.3) is 0 Å². The second-order valence-electron chi connectivity index (χ2n) is 4.35. The Hall–Kier alpha value is -1.67. The molecule has 2 rings (SSSR count). The van der Waals surface area contributed by atoms with Crippen LogP contribution in [0.15, 0.2) is 11.4 Å². The number of carbonyl (C=O) groups is 2. The molecule has 2 aromatic heterocycles. The predicted molar refractivity (Wildman–Crippen MR) is 83.1 cm³/mol. The number of carboxylic acids is 1. The maximum absolute atomic E-state index is 11.2. The van der Waals surface area contributed by atoms with Crippen LogP contribution in [0.4, 0.5) is 0 Å². The molecular formula is C13H15N3O3S2. The van der Waals surface area contributed by atoms with Gasteiger partial charge < -0.3 is 10.4 Å². The number of hydrogen-bond acceptors (Lipinski definition) is 6. The number of fused-ring (bicyclic) bond motifs is 1. The number of hydrogen-bond donors (Lipinski definition) is 2. The Bertz CT molecular complexity index is 685. The van der Waals surface area contributed by atoms with Crippen LogP contribution in [0.3, 0.4) is 0 Å². The van der Waals surface area contributed by atoms with E-state index in [4.69, 9.17) is 0 Å². The lowest BCUT2D eigenvalue weighted by atomic mass is 10.2. The second kappa shape index (κ2) is 6.86. The molecule has 21 heavy (non-hydrogen) atoms. The first kappa shape index (κ1) is 15.7. The third-order valence-electron chi connectivity index (χ3n) is 2.95. The van der Waals surface area contributed by atoms with Gasteiger partial charge >= 0.3 is 5.97 Å². The minimum Gasteiger partial charge on any atom is -0.477 e. The van der Waals surface area contributed by atoms with Crippen LogP contribution in [-0.4, -0.2) is 39.8 Å². The molecule has 6 nitrogen and oxygen atoms in total. The quantitative estimate of drug-likeness (QED) is 0.481. The molecule has 0 spiro atoms. The lowest BCUT2D eigenvalue weighted by molar-refractivity contribution is -0.120. The van der Waals surface area contributed by atoms with E-state index in [2.05, 4.69) is 15.3 Å². The van der Waals surface area contributed by atoms with Crippen molar-refractivity contribution in [3.63, 3.8) is 0 Å². The Labute approximate surface area is 130 Å². The van der Waals surface area contributed by atoms with E-state index in [0.717, 1.165) is 22.6 Å². The SMILES string of the molecule is CNC(=O)CCCSc1ncnc2sc(C(=O)O)c(C)c12. The highest BCUT2D eigenvalue weighted by Gasteiger charge is 2.18. The first-order valence-corrected chi connectivity index (χ1v) is 8.15. The van der Waals surface area contributed by atoms with Crippen molar-refractivity contribution in [2.75, 3.05) is 12.8 Å². The summed E-state index contributed by atoms with van der Waals surface area (Å²) in [6.07, 6.45) is 2.66. The number of aryl methyl sites for hydroxylation is 1. The zero-order valence-corrected chi connectivity index (χ0v) is 13.3. The van der Waals surface area contributed by atoms with Gasteiger partial charge in [-0.15, -0.1) is 23.1 Å². The van der Waals surface area contributed by atoms with Crippen LogP contribution in [0.25, 0.3) is 10.2 Å². The number of nitrogens with zero attached hydrogens (tertiary/aromatic N) is 2. The molecule has 8 heteroatoms. The van der Waals surface area contributed by atoms with Crippen LogP contribution in [0.2, 0.25) is 0 Å². The Morgan fingerprint density at radius 3 is 2.86 bits per heavy atom. The van der Waals surface area contributed by atoms with Crippen LogP contribution in [0.1, 0.15) is 28.1 Å². The number of thioether (sulfide) groups is 1. The van der Waals surface area contributed by atoms with Crippen LogP contribution in [0.5, 0.6) is 0 Å². The second-order valence-corrected chi connectivity index (χ2v) is 6.43. The van der Waals surface area contributed by atoms with Crippen molar-refractivity contribution in [2.45, 2.75) is 24.8 Å². The molecule has 0 bridgehead atoms. The number of nitrogens with one attached hydrogen (secondary N) is 1. The summed E-state index contributed by atoms with van der Waals surface area (Å²) in [4.78, 5) is 31.7. The maximum Gasteiger partial charge on any atom is 0.346 e. The van der Waals surface area contributed by atoms with E-state index in [0.29, 0.717) is 21.7 Å². The fourth-order valence-electron chi connectivity index (χ4n) is 1.88. The normalized spacial score (nSPS) is 10.8. The smallest absolute Gasteiger partial charge is 0.346 e. The van der Waals surface area contributed by atoms with Gasteiger partial charge in [0, 0.05) is 24.6 Å². The van der Waals surface area contributed by atoms with Gasteiger partial charge in [0.2, 0.25) is 5.91 Å². The van der Waals surface area contributed by atoms with Gasteiger partial charge in [-0.3, -0.25) is 4.79 Å². The first-order chi connectivity index (χ1) is 10.0. The van der Waals surface area contributed by atoms with Gasteiger partial charge in [-0.2, -0.15) is 0 Å². The molecule has 0 aliphatic carbocycles. The van der Waals surface area contributed by atoms with E-state index in [-0.39, 0.29) is 5.91 Å². The van der Waals surface area contributed by atoms with E-state index >= 15 is 0 Å². The summed E-state index contributed by atoms with van der Waals surface area (Å²) < 4.78 is 0. The first-order valence-electron chi connectivity index (χ1n) is 6.35. The molecular weight excluding hydrogens is 310 g/mol. The van der Waals surface area contributed by atoms with Crippen LogP contribution >= 0.6 is 23.1 Å². The number of carboxylic acid groups (broad SMARTS) is 1. The van der Waals surface area contributed by atoms with Gasteiger partial charge in [-0.1, -0.05) is 0 Å². The molecule has 0 fully saturated rings. The number of thiophene rings is 1. The van der Waals surface area contributed by atoms with Crippen LogP contribution < -0.4 is 5.32 Å². The third kappa shape index (κ3) is 3.51. The Morgan fingerprint density at radius 1 is 1.43 bits per heavy atom. The van der Waals surface area contributed by atoms with Gasteiger partial charge in [0.05, 0.1) is 0 Å². The average Bonchev–Trinajstić information content (AvgIpc) is 2.81. The largest absolute Gasteiger partial charge is 0.477 e. The van der Waals surface area contributed by atoms with Gasteiger partial charge in [-0.05, 0) is 18.9 Å². The monoisotopic (exact) mass is 325 g/mol. The molecule has 1 amide bonds. The predicted octanol–water partition coefficient (Wildman–Crippen LogP) is 2.32. The van der Waals surface area contributed by atoms with Crippen molar-refractivity contribution in [3.05, 3.63) is 16.8 Å². The molecule has 0 saturated heterocycles.